The molecule has 1 aromatic rings. The fourth-order valence-electron chi connectivity index (χ4n) is 1.05. The van der Waals surface area contributed by atoms with Crippen molar-refractivity contribution < 1.29 is 17.9 Å². The Morgan fingerprint density at radius 2 is 1.94 bits per heavy atom. The van der Waals surface area contributed by atoms with E-state index in [4.69, 9.17) is 10.5 Å². The third-order valence-corrected chi connectivity index (χ3v) is 1.72. The van der Waals surface area contributed by atoms with Gasteiger partial charge in [-0.25, -0.2) is 4.39 Å². The van der Waals surface area contributed by atoms with Gasteiger partial charge in [0.25, 0.3) is 0 Å². The van der Waals surface area contributed by atoms with Crippen molar-refractivity contribution in [3.8, 4) is 17.9 Å². The second-order valence-corrected chi connectivity index (χ2v) is 2.85. The summed E-state index contributed by atoms with van der Waals surface area (Å²) in [6.45, 7) is -3.11. The van der Waals surface area contributed by atoms with Crippen LogP contribution in [0.2, 0.25) is 0 Å². The number of ether oxygens (including phenoxy) is 1. The number of hydrogen-bond acceptors (Lipinski definition) is 3. The number of benzene rings is 1. The number of allylic oxidation sites excluding steroid dienone is 1. The largest absolute Gasteiger partial charge is 0.432 e. The van der Waals surface area contributed by atoms with E-state index in [0.29, 0.717) is 0 Å². The monoisotopic (exact) mass is 238 g/mol. The lowest BCUT2D eigenvalue weighted by molar-refractivity contribution is -0.0521. The number of hydrogen-bond donors (Lipinski definition) is 0. The average molecular weight is 238 g/mol. The molecular formula is C11H5F3N2O. The fraction of sp³-hybridized carbons (Fsp3) is 0.0909. The first kappa shape index (κ1) is 12.6. The van der Waals surface area contributed by atoms with Gasteiger partial charge in [0.2, 0.25) is 0 Å². The zero-order chi connectivity index (χ0) is 12.8. The van der Waals surface area contributed by atoms with Gasteiger partial charge >= 0.3 is 6.61 Å². The molecule has 1 rings (SSSR count). The van der Waals surface area contributed by atoms with E-state index in [2.05, 4.69) is 4.74 Å². The Morgan fingerprint density at radius 3 is 2.41 bits per heavy atom. The van der Waals surface area contributed by atoms with Crippen molar-refractivity contribution in [3.05, 3.63) is 35.2 Å². The topological polar surface area (TPSA) is 56.8 Å². The second kappa shape index (κ2) is 5.57. The van der Waals surface area contributed by atoms with E-state index in [9.17, 15) is 13.2 Å². The lowest BCUT2D eigenvalue weighted by atomic mass is 10.1. The maximum atomic E-state index is 13.2. The highest BCUT2D eigenvalue weighted by molar-refractivity contribution is 5.62. The van der Waals surface area contributed by atoms with Crippen molar-refractivity contribution in [2.24, 2.45) is 0 Å². The van der Waals surface area contributed by atoms with E-state index in [1.165, 1.54) is 6.07 Å². The number of alkyl halides is 2. The van der Waals surface area contributed by atoms with E-state index >= 15 is 0 Å². The first-order valence-electron chi connectivity index (χ1n) is 4.33. The first-order chi connectivity index (χ1) is 8.06. The van der Waals surface area contributed by atoms with Crippen molar-refractivity contribution in [1.29, 1.82) is 10.5 Å². The highest BCUT2D eigenvalue weighted by atomic mass is 19.3. The molecule has 0 amide bonds. The first-order valence-corrected chi connectivity index (χ1v) is 4.33. The molecule has 0 atom stereocenters. The molecule has 0 heterocycles. The average Bonchev–Trinajstić information content (AvgIpc) is 2.29. The summed E-state index contributed by atoms with van der Waals surface area (Å²) in [6.07, 6.45) is 1.13. The number of nitrogens with zero attached hydrogens (tertiary/aromatic N) is 2. The Morgan fingerprint density at radius 1 is 1.29 bits per heavy atom. The van der Waals surface area contributed by atoms with Crippen LogP contribution in [0.5, 0.6) is 5.75 Å². The molecule has 17 heavy (non-hydrogen) atoms. The van der Waals surface area contributed by atoms with Crippen LogP contribution in [-0.4, -0.2) is 6.61 Å². The molecular weight excluding hydrogens is 233 g/mol. The van der Waals surface area contributed by atoms with Gasteiger partial charge in [0, 0.05) is 0 Å². The molecule has 0 aliphatic carbocycles. The predicted octanol–water partition coefficient (Wildman–Crippen LogP) is 2.86. The number of rotatable bonds is 3. The molecule has 0 N–H and O–H groups in total. The zero-order valence-electron chi connectivity index (χ0n) is 8.32. The molecule has 0 unspecified atom stereocenters. The van der Waals surface area contributed by atoms with E-state index in [-0.39, 0.29) is 11.1 Å². The molecule has 1 aromatic carbocycles. The maximum absolute atomic E-state index is 13.2. The molecule has 6 heteroatoms. The van der Waals surface area contributed by atoms with Gasteiger partial charge in [0.15, 0.2) is 11.6 Å². The Kier molecular flexibility index (Phi) is 4.13. The van der Waals surface area contributed by atoms with Crippen molar-refractivity contribution >= 4 is 6.08 Å². The molecule has 0 aromatic heterocycles. The van der Waals surface area contributed by atoms with Crippen LogP contribution in [0.1, 0.15) is 5.56 Å². The molecule has 0 saturated heterocycles. The van der Waals surface area contributed by atoms with E-state index < -0.39 is 18.2 Å². The minimum Gasteiger partial charge on any atom is -0.432 e. The van der Waals surface area contributed by atoms with Gasteiger partial charge in [0.1, 0.15) is 17.7 Å². The van der Waals surface area contributed by atoms with Crippen molar-refractivity contribution in [2.45, 2.75) is 6.61 Å². The summed E-state index contributed by atoms with van der Waals surface area (Å²) in [4.78, 5) is 0. The summed E-state index contributed by atoms with van der Waals surface area (Å²) in [6, 6.07) is 6.34. The number of halogens is 3. The van der Waals surface area contributed by atoms with Gasteiger partial charge in [-0.3, -0.25) is 0 Å². The molecule has 0 spiro atoms. The van der Waals surface area contributed by atoms with Gasteiger partial charge < -0.3 is 4.74 Å². The number of nitriles is 2. The normalized spacial score (nSPS) is 9.29. The summed E-state index contributed by atoms with van der Waals surface area (Å²) in [5.74, 6) is -1.58. The summed E-state index contributed by atoms with van der Waals surface area (Å²) < 4.78 is 40.8. The quantitative estimate of drug-likeness (QED) is 0.761. The summed E-state index contributed by atoms with van der Waals surface area (Å²) in [7, 11) is 0. The lowest BCUT2D eigenvalue weighted by Crippen LogP contribution is -2.03. The van der Waals surface area contributed by atoms with Crippen LogP contribution in [0.15, 0.2) is 23.8 Å². The second-order valence-electron chi connectivity index (χ2n) is 2.85. The van der Waals surface area contributed by atoms with Crippen LogP contribution in [0.4, 0.5) is 13.2 Å². The van der Waals surface area contributed by atoms with Gasteiger partial charge in [-0.15, -0.1) is 0 Å². The predicted molar refractivity (Wildman–Crippen MR) is 52.2 cm³/mol. The van der Waals surface area contributed by atoms with E-state index in [1.54, 1.807) is 12.1 Å². The SMILES string of the molecule is N#CC(C#N)=Cc1ccc(OC(F)F)c(F)c1. The van der Waals surface area contributed by atoms with Crippen molar-refractivity contribution in [1.82, 2.24) is 0 Å². The fourth-order valence-corrected chi connectivity index (χ4v) is 1.05. The van der Waals surface area contributed by atoms with Crippen LogP contribution in [0.3, 0.4) is 0 Å². The molecule has 0 aliphatic heterocycles. The minimum atomic E-state index is -3.11. The molecule has 86 valence electrons. The van der Waals surface area contributed by atoms with Crippen LogP contribution in [0.25, 0.3) is 6.08 Å². The zero-order valence-corrected chi connectivity index (χ0v) is 8.32. The van der Waals surface area contributed by atoms with Crippen LogP contribution in [0, 0.1) is 28.5 Å². The standard InChI is InChI=1S/C11H5F3N2O/c12-9-4-7(3-8(5-15)6-16)1-2-10(9)17-11(13)14/h1-4,11H. The minimum absolute atomic E-state index is 0.210. The van der Waals surface area contributed by atoms with Gasteiger partial charge in [-0.1, -0.05) is 6.07 Å². The van der Waals surface area contributed by atoms with Crippen LogP contribution in [-0.2, 0) is 0 Å². The smallest absolute Gasteiger partial charge is 0.387 e. The summed E-state index contributed by atoms with van der Waals surface area (Å²) in [5, 5.41) is 16.9. The Labute approximate surface area is 95.0 Å². The lowest BCUT2D eigenvalue weighted by Gasteiger charge is -2.05. The van der Waals surface area contributed by atoms with E-state index in [0.717, 1.165) is 18.2 Å². The van der Waals surface area contributed by atoms with Gasteiger partial charge in [0.05, 0.1) is 0 Å². The Hall–Kier alpha value is -2.47. The van der Waals surface area contributed by atoms with Gasteiger partial charge in [-0.2, -0.15) is 19.3 Å². The molecule has 0 bridgehead atoms. The highest BCUT2D eigenvalue weighted by Gasteiger charge is 2.09. The van der Waals surface area contributed by atoms with Crippen LogP contribution < -0.4 is 4.74 Å². The highest BCUT2D eigenvalue weighted by Crippen LogP contribution is 2.21. The molecule has 0 saturated carbocycles. The Balaban J connectivity index is 3.02. The molecule has 0 radical (unpaired) electrons. The molecule has 0 fully saturated rings. The maximum Gasteiger partial charge on any atom is 0.387 e. The molecule has 0 aliphatic rings. The third kappa shape index (κ3) is 3.54. The van der Waals surface area contributed by atoms with Crippen molar-refractivity contribution in [2.75, 3.05) is 0 Å². The molecule has 3 nitrogen and oxygen atoms in total. The van der Waals surface area contributed by atoms with E-state index in [1.807, 2.05) is 0 Å². The summed E-state index contributed by atoms with van der Waals surface area (Å²) in [5.41, 5.74) is -0.00542. The third-order valence-electron chi connectivity index (χ3n) is 1.72. The van der Waals surface area contributed by atoms with Gasteiger partial charge in [-0.05, 0) is 23.8 Å². The van der Waals surface area contributed by atoms with Crippen molar-refractivity contribution in [3.63, 3.8) is 0 Å². The summed E-state index contributed by atoms with van der Waals surface area (Å²) >= 11 is 0. The van der Waals surface area contributed by atoms with Crippen LogP contribution >= 0.6 is 0 Å². The Bertz CT molecular complexity index is 510.